The molecule has 8 nitrogen and oxygen atoms in total. The molecule has 1 heterocycles. The van der Waals surface area contributed by atoms with Gasteiger partial charge in [0.2, 0.25) is 0 Å². The molecule has 25 heavy (non-hydrogen) atoms. The Bertz CT molecular complexity index is 717. The number of anilines is 1. The summed E-state index contributed by atoms with van der Waals surface area (Å²) in [6.07, 6.45) is 3.72. The molecule has 1 aliphatic rings. The lowest BCUT2D eigenvalue weighted by atomic mass is 10.1. The van der Waals surface area contributed by atoms with Crippen LogP contribution in [-0.2, 0) is 25.5 Å². The number of rotatable bonds is 6. The SMILES string of the molecule is CCCCc1ccc(NC=C2C(=O)OC(C)(C)OC2=O)c([N+](=O)[O-])c1. The van der Waals surface area contributed by atoms with Gasteiger partial charge in [-0.25, -0.2) is 9.59 Å². The molecule has 0 saturated carbocycles. The summed E-state index contributed by atoms with van der Waals surface area (Å²) in [5.74, 6) is -3.04. The molecule has 0 amide bonds. The van der Waals surface area contributed by atoms with Crippen LogP contribution in [0.15, 0.2) is 30.0 Å². The molecular weight excluding hydrogens is 328 g/mol. The van der Waals surface area contributed by atoms with Gasteiger partial charge in [0.25, 0.3) is 11.5 Å². The molecule has 0 spiro atoms. The molecule has 1 aromatic rings. The van der Waals surface area contributed by atoms with E-state index in [4.69, 9.17) is 9.47 Å². The fourth-order valence-corrected chi connectivity index (χ4v) is 2.32. The number of carbonyl (C=O) groups excluding carboxylic acids is 2. The molecule has 1 aromatic carbocycles. The number of hydrogen-bond acceptors (Lipinski definition) is 7. The van der Waals surface area contributed by atoms with Gasteiger partial charge >= 0.3 is 11.9 Å². The van der Waals surface area contributed by atoms with E-state index in [0.717, 1.165) is 31.0 Å². The summed E-state index contributed by atoms with van der Waals surface area (Å²) in [5, 5.41) is 13.9. The van der Waals surface area contributed by atoms with Crippen LogP contribution in [0.25, 0.3) is 0 Å². The number of hydrogen-bond donors (Lipinski definition) is 1. The molecule has 0 aromatic heterocycles. The van der Waals surface area contributed by atoms with Crippen LogP contribution >= 0.6 is 0 Å². The van der Waals surface area contributed by atoms with Crippen molar-refractivity contribution in [2.45, 2.75) is 45.8 Å². The molecule has 134 valence electrons. The van der Waals surface area contributed by atoms with E-state index in [2.05, 4.69) is 5.32 Å². The van der Waals surface area contributed by atoms with Crippen LogP contribution in [0.2, 0.25) is 0 Å². The molecule has 0 unspecified atom stereocenters. The van der Waals surface area contributed by atoms with Crippen molar-refractivity contribution < 1.29 is 24.0 Å². The standard InChI is InChI=1S/C17H20N2O6/c1-4-5-6-11-7-8-13(14(9-11)19(22)23)18-10-12-15(20)24-17(2,3)25-16(12)21/h7-10,18H,4-6H2,1-3H3. The number of nitro benzene ring substituents is 1. The van der Waals surface area contributed by atoms with Crippen LogP contribution in [0.1, 0.15) is 39.2 Å². The average molecular weight is 348 g/mol. The van der Waals surface area contributed by atoms with Gasteiger partial charge in [0.15, 0.2) is 5.57 Å². The van der Waals surface area contributed by atoms with Gasteiger partial charge < -0.3 is 14.8 Å². The van der Waals surface area contributed by atoms with Crippen molar-refractivity contribution in [3.63, 3.8) is 0 Å². The van der Waals surface area contributed by atoms with Crippen LogP contribution in [0.3, 0.4) is 0 Å². The van der Waals surface area contributed by atoms with E-state index in [0.29, 0.717) is 0 Å². The zero-order chi connectivity index (χ0) is 18.6. The lowest BCUT2D eigenvalue weighted by molar-refractivity contribution is -0.384. The van der Waals surface area contributed by atoms with Crippen LogP contribution < -0.4 is 5.32 Å². The highest BCUT2D eigenvalue weighted by molar-refractivity contribution is 6.15. The minimum atomic E-state index is -1.33. The first kappa shape index (κ1) is 18.4. The first-order valence-electron chi connectivity index (χ1n) is 7.94. The van der Waals surface area contributed by atoms with E-state index in [1.807, 2.05) is 6.92 Å². The van der Waals surface area contributed by atoms with Crippen molar-refractivity contribution in [3.05, 3.63) is 45.6 Å². The smallest absolute Gasteiger partial charge is 0.350 e. The quantitative estimate of drug-likeness (QED) is 0.277. The third-order valence-corrected chi connectivity index (χ3v) is 3.57. The lowest BCUT2D eigenvalue weighted by Crippen LogP contribution is -2.42. The zero-order valence-electron chi connectivity index (χ0n) is 14.3. The molecule has 0 aliphatic carbocycles. The number of esters is 2. The van der Waals surface area contributed by atoms with Gasteiger partial charge in [-0.05, 0) is 24.5 Å². The summed E-state index contributed by atoms with van der Waals surface area (Å²) < 4.78 is 9.92. The second kappa shape index (κ2) is 7.33. The predicted molar refractivity (Wildman–Crippen MR) is 89.7 cm³/mol. The van der Waals surface area contributed by atoms with E-state index in [1.54, 1.807) is 12.1 Å². The highest BCUT2D eigenvalue weighted by Crippen LogP contribution is 2.28. The van der Waals surface area contributed by atoms with Crippen LogP contribution in [0, 0.1) is 10.1 Å². The number of aryl methyl sites for hydroxylation is 1. The molecule has 0 atom stereocenters. The lowest BCUT2D eigenvalue weighted by Gasteiger charge is -2.29. The second-order valence-electron chi connectivity index (χ2n) is 6.09. The Hall–Kier alpha value is -2.90. The molecule has 1 saturated heterocycles. The minimum Gasteiger partial charge on any atom is -0.419 e. The number of cyclic esters (lactones) is 2. The Kier molecular flexibility index (Phi) is 5.41. The normalized spacial score (nSPS) is 16.0. The Balaban J connectivity index is 2.23. The first-order chi connectivity index (χ1) is 11.7. The first-order valence-corrected chi connectivity index (χ1v) is 7.94. The number of unbranched alkanes of at least 4 members (excludes halogenated alkanes) is 1. The van der Waals surface area contributed by atoms with E-state index >= 15 is 0 Å². The molecule has 1 aliphatic heterocycles. The topological polar surface area (TPSA) is 108 Å². The van der Waals surface area contributed by atoms with Crippen LogP contribution in [0.5, 0.6) is 0 Å². The number of carbonyl (C=O) groups is 2. The average Bonchev–Trinajstić information content (AvgIpc) is 2.51. The summed E-state index contributed by atoms with van der Waals surface area (Å²) >= 11 is 0. The summed E-state index contributed by atoms with van der Waals surface area (Å²) in [6.45, 7) is 4.92. The number of nitrogens with one attached hydrogen (secondary N) is 1. The molecule has 1 N–H and O–H groups in total. The third-order valence-electron chi connectivity index (χ3n) is 3.57. The zero-order valence-corrected chi connectivity index (χ0v) is 14.3. The van der Waals surface area contributed by atoms with Crippen LogP contribution in [0.4, 0.5) is 11.4 Å². The Morgan fingerprint density at radius 1 is 1.24 bits per heavy atom. The van der Waals surface area contributed by atoms with E-state index in [1.165, 1.54) is 19.9 Å². The van der Waals surface area contributed by atoms with Gasteiger partial charge in [0.05, 0.1) is 4.92 Å². The summed E-state index contributed by atoms with van der Waals surface area (Å²) in [7, 11) is 0. The van der Waals surface area contributed by atoms with Crippen molar-refractivity contribution >= 4 is 23.3 Å². The molecule has 0 bridgehead atoms. The maximum absolute atomic E-state index is 11.9. The molecule has 0 radical (unpaired) electrons. The maximum atomic E-state index is 11.9. The number of benzene rings is 1. The van der Waals surface area contributed by atoms with E-state index < -0.39 is 22.6 Å². The van der Waals surface area contributed by atoms with Crippen LogP contribution in [-0.4, -0.2) is 22.6 Å². The largest absolute Gasteiger partial charge is 0.419 e. The van der Waals surface area contributed by atoms with Crippen molar-refractivity contribution in [2.75, 3.05) is 5.32 Å². The highest BCUT2D eigenvalue weighted by Gasteiger charge is 2.39. The van der Waals surface area contributed by atoms with E-state index in [-0.39, 0.29) is 16.9 Å². The van der Waals surface area contributed by atoms with Gasteiger partial charge in [0.1, 0.15) is 5.69 Å². The van der Waals surface area contributed by atoms with Gasteiger partial charge in [0, 0.05) is 26.1 Å². The van der Waals surface area contributed by atoms with Gasteiger partial charge in [-0.2, -0.15) is 0 Å². The molecule has 1 fully saturated rings. The minimum absolute atomic E-state index is 0.136. The fourth-order valence-electron chi connectivity index (χ4n) is 2.32. The molecular formula is C17H20N2O6. The monoisotopic (exact) mass is 348 g/mol. The van der Waals surface area contributed by atoms with Gasteiger partial charge in [-0.3, -0.25) is 10.1 Å². The second-order valence-corrected chi connectivity index (χ2v) is 6.09. The number of nitrogens with zero attached hydrogens (tertiary/aromatic N) is 1. The summed E-state index contributed by atoms with van der Waals surface area (Å²) in [6, 6.07) is 4.80. The highest BCUT2D eigenvalue weighted by atomic mass is 16.7. The molecule has 2 rings (SSSR count). The summed E-state index contributed by atoms with van der Waals surface area (Å²) in [4.78, 5) is 34.5. The van der Waals surface area contributed by atoms with Gasteiger partial charge in [-0.15, -0.1) is 0 Å². The molecule has 8 heteroatoms. The third kappa shape index (κ3) is 4.56. The van der Waals surface area contributed by atoms with Gasteiger partial charge in [-0.1, -0.05) is 19.4 Å². The van der Waals surface area contributed by atoms with Crippen molar-refractivity contribution in [1.82, 2.24) is 0 Å². The Morgan fingerprint density at radius 2 is 1.88 bits per heavy atom. The van der Waals surface area contributed by atoms with E-state index in [9.17, 15) is 19.7 Å². The Morgan fingerprint density at radius 3 is 2.44 bits per heavy atom. The van der Waals surface area contributed by atoms with Crippen molar-refractivity contribution in [1.29, 1.82) is 0 Å². The fraction of sp³-hybridized carbons (Fsp3) is 0.412. The van der Waals surface area contributed by atoms with Crippen molar-refractivity contribution in [2.24, 2.45) is 0 Å². The Labute approximate surface area is 145 Å². The summed E-state index contributed by atoms with van der Waals surface area (Å²) in [5.41, 5.74) is 0.528. The van der Waals surface area contributed by atoms with Crippen molar-refractivity contribution in [3.8, 4) is 0 Å². The predicted octanol–water partition coefficient (Wildman–Crippen LogP) is 3.07. The number of ether oxygens (including phenoxy) is 2. The maximum Gasteiger partial charge on any atom is 0.350 e. The number of nitro groups is 1.